The molecular weight excluding hydrogens is 348 g/mol. The van der Waals surface area contributed by atoms with Gasteiger partial charge in [-0.1, -0.05) is 17.8 Å². The smallest absolute Gasteiger partial charge is 0.233 e. The molecule has 1 unspecified atom stereocenters. The standard InChI is InChI=1S/C18H20N6OS/c1-13-7-8-19-18(20-13)26-12-16(25)23-9-4-5-14(11-23)17-22-21-15-6-2-3-10-24(15)17/h2-3,6-8,10,14H,4-5,9,11-12H2,1H3. The fourth-order valence-electron chi connectivity index (χ4n) is 3.27. The Kier molecular flexibility index (Phi) is 4.83. The van der Waals surface area contributed by atoms with E-state index < -0.39 is 0 Å². The Labute approximate surface area is 155 Å². The monoisotopic (exact) mass is 368 g/mol. The fraction of sp³-hybridized carbons (Fsp3) is 0.389. The Hall–Kier alpha value is -2.48. The third-order valence-electron chi connectivity index (χ3n) is 4.58. The molecule has 0 radical (unpaired) electrons. The van der Waals surface area contributed by atoms with Gasteiger partial charge in [0.25, 0.3) is 0 Å². The number of thioether (sulfide) groups is 1. The molecule has 0 bridgehead atoms. The van der Waals surface area contributed by atoms with Gasteiger partial charge in [0.05, 0.1) is 5.75 Å². The van der Waals surface area contributed by atoms with Crippen molar-refractivity contribution in [2.45, 2.75) is 30.8 Å². The molecule has 0 aliphatic carbocycles. The van der Waals surface area contributed by atoms with E-state index in [1.165, 1.54) is 11.8 Å². The van der Waals surface area contributed by atoms with E-state index in [4.69, 9.17) is 0 Å². The van der Waals surface area contributed by atoms with E-state index in [9.17, 15) is 4.79 Å². The number of nitrogens with zero attached hydrogens (tertiary/aromatic N) is 6. The first-order chi connectivity index (χ1) is 12.7. The molecule has 1 amide bonds. The van der Waals surface area contributed by atoms with Crippen LogP contribution in [0.1, 0.15) is 30.3 Å². The minimum atomic E-state index is 0.124. The molecule has 1 fully saturated rings. The van der Waals surface area contributed by atoms with Crippen molar-refractivity contribution in [2.75, 3.05) is 18.8 Å². The van der Waals surface area contributed by atoms with Crippen LogP contribution in [0.4, 0.5) is 0 Å². The maximum absolute atomic E-state index is 12.6. The molecule has 0 N–H and O–H groups in total. The summed E-state index contributed by atoms with van der Waals surface area (Å²) in [6, 6.07) is 7.73. The summed E-state index contributed by atoms with van der Waals surface area (Å²) in [4.78, 5) is 23.1. The molecule has 3 aromatic heterocycles. The second kappa shape index (κ2) is 7.41. The third-order valence-corrected chi connectivity index (χ3v) is 5.42. The third kappa shape index (κ3) is 3.55. The van der Waals surface area contributed by atoms with Gasteiger partial charge in [0.1, 0.15) is 5.82 Å². The number of rotatable bonds is 4. The molecule has 1 aliphatic rings. The van der Waals surface area contributed by atoms with E-state index in [-0.39, 0.29) is 11.8 Å². The van der Waals surface area contributed by atoms with Crippen LogP contribution in [-0.2, 0) is 4.79 Å². The molecule has 7 nitrogen and oxygen atoms in total. The summed E-state index contributed by atoms with van der Waals surface area (Å²) >= 11 is 1.39. The topological polar surface area (TPSA) is 76.3 Å². The van der Waals surface area contributed by atoms with Gasteiger partial charge in [0.15, 0.2) is 10.8 Å². The molecule has 8 heteroatoms. The SMILES string of the molecule is Cc1ccnc(SCC(=O)N2CCCC(c3nnc4ccccn34)C2)n1. The molecule has 0 aromatic carbocycles. The van der Waals surface area contributed by atoms with Crippen LogP contribution in [0.15, 0.2) is 41.8 Å². The van der Waals surface area contributed by atoms with Gasteiger partial charge >= 0.3 is 0 Å². The minimum Gasteiger partial charge on any atom is -0.341 e. The van der Waals surface area contributed by atoms with E-state index in [1.54, 1.807) is 6.20 Å². The summed E-state index contributed by atoms with van der Waals surface area (Å²) < 4.78 is 2.02. The number of fused-ring (bicyclic) bond motifs is 1. The largest absolute Gasteiger partial charge is 0.341 e. The number of likely N-dealkylation sites (tertiary alicyclic amines) is 1. The lowest BCUT2D eigenvalue weighted by atomic mass is 9.97. The van der Waals surface area contributed by atoms with Crippen LogP contribution in [0.25, 0.3) is 5.65 Å². The predicted molar refractivity (Wildman–Crippen MR) is 99.0 cm³/mol. The maximum Gasteiger partial charge on any atom is 0.233 e. The zero-order valence-electron chi connectivity index (χ0n) is 14.6. The van der Waals surface area contributed by atoms with Crippen molar-refractivity contribution < 1.29 is 4.79 Å². The number of hydrogen-bond acceptors (Lipinski definition) is 6. The lowest BCUT2D eigenvalue weighted by Gasteiger charge is -2.31. The molecule has 134 valence electrons. The molecule has 0 spiro atoms. The van der Waals surface area contributed by atoms with E-state index in [1.807, 2.05) is 46.7 Å². The van der Waals surface area contributed by atoms with Crippen molar-refractivity contribution in [3.05, 3.63) is 48.2 Å². The van der Waals surface area contributed by atoms with Crippen LogP contribution in [-0.4, -0.2) is 54.2 Å². The molecular formula is C18H20N6OS. The van der Waals surface area contributed by atoms with Gasteiger partial charge in [-0.3, -0.25) is 9.20 Å². The van der Waals surface area contributed by atoms with Crippen LogP contribution in [0.2, 0.25) is 0 Å². The zero-order chi connectivity index (χ0) is 17.9. The van der Waals surface area contributed by atoms with Crippen LogP contribution < -0.4 is 0 Å². The zero-order valence-corrected chi connectivity index (χ0v) is 15.4. The summed E-state index contributed by atoms with van der Waals surface area (Å²) in [6.45, 7) is 3.40. The predicted octanol–water partition coefficient (Wildman–Crippen LogP) is 2.33. The van der Waals surface area contributed by atoms with Crippen molar-refractivity contribution in [2.24, 2.45) is 0 Å². The summed E-state index contributed by atoms with van der Waals surface area (Å²) in [5.74, 6) is 1.63. The van der Waals surface area contributed by atoms with Gasteiger partial charge in [-0.05, 0) is 38.0 Å². The number of aromatic nitrogens is 5. The summed E-state index contributed by atoms with van der Waals surface area (Å²) in [5, 5.41) is 9.25. The Morgan fingerprint density at radius 1 is 1.31 bits per heavy atom. The van der Waals surface area contributed by atoms with Gasteiger partial charge in [0.2, 0.25) is 5.91 Å². The highest BCUT2D eigenvalue weighted by Gasteiger charge is 2.27. The molecule has 4 heterocycles. The Bertz CT molecular complexity index is 927. The number of piperidine rings is 1. The molecule has 3 aromatic rings. The number of amides is 1. The van der Waals surface area contributed by atoms with Crippen molar-refractivity contribution in [3.8, 4) is 0 Å². The molecule has 1 atom stereocenters. The second-order valence-corrected chi connectivity index (χ2v) is 7.38. The second-order valence-electron chi connectivity index (χ2n) is 6.44. The van der Waals surface area contributed by atoms with Gasteiger partial charge in [-0.25, -0.2) is 9.97 Å². The van der Waals surface area contributed by atoms with Gasteiger partial charge < -0.3 is 4.90 Å². The van der Waals surface area contributed by atoms with Crippen LogP contribution >= 0.6 is 11.8 Å². The van der Waals surface area contributed by atoms with E-state index in [0.717, 1.165) is 36.6 Å². The van der Waals surface area contributed by atoms with Gasteiger partial charge in [-0.2, -0.15) is 0 Å². The number of aryl methyl sites for hydroxylation is 1. The highest BCUT2D eigenvalue weighted by Crippen LogP contribution is 2.26. The van der Waals surface area contributed by atoms with E-state index in [2.05, 4.69) is 20.2 Å². The Morgan fingerprint density at radius 2 is 2.23 bits per heavy atom. The van der Waals surface area contributed by atoms with Gasteiger partial charge in [-0.15, -0.1) is 10.2 Å². The van der Waals surface area contributed by atoms with E-state index in [0.29, 0.717) is 17.5 Å². The average Bonchev–Trinajstić information content (AvgIpc) is 3.10. The van der Waals surface area contributed by atoms with E-state index >= 15 is 0 Å². The van der Waals surface area contributed by atoms with Gasteiger partial charge in [0, 0.05) is 37.1 Å². The molecule has 1 aliphatic heterocycles. The van der Waals surface area contributed by atoms with Crippen LogP contribution in [0, 0.1) is 6.92 Å². The highest BCUT2D eigenvalue weighted by molar-refractivity contribution is 7.99. The number of carbonyl (C=O) groups is 1. The first-order valence-corrected chi connectivity index (χ1v) is 9.69. The maximum atomic E-state index is 12.6. The summed E-state index contributed by atoms with van der Waals surface area (Å²) in [5.41, 5.74) is 1.75. The molecule has 0 saturated carbocycles. The summed E-state index contributed by atoms with van der Waals surface area (Å²) in [7, 11) is 0. The van der Waals surface area contributed by atoms with Crippen molar-refractivity contribution in [3.63, 3.8) is 0 Å². The number of carbonyl (C=O) groups excluding carboxylic acids is 1. The minimum absolute atomic E-state index is 0.124. The van der Waals surface area contributed by atoms with Crippen LogP contribution in [0.5, 0.6) is 0 Å². The first-order valence-electron chi connectivity index (χ1n) is 8.70. The van der Waals surface area contributed by atoms with Crippen molar-refractivity contribution in [1.29, 1.82) is 0 Å². The molecule has 26 heavy (non-hydrogen) atoms. The quantitative estimate of drug-likeness (QED) is 0.520. The summed E-state index contributed by atoms with van der Waals surface area (Å²) in [6.07, 6.45) is 5.70. The molecule has 4 rings (SSSR count). The Morgan fingerprint density at radius 3 is 3.12 bits per heavy atom. The highest BCUT2D eigenvalue weighted by atomic mass is 32.2. The normalized spacial score (nSPS) is 17.6. The number of hydrogen-bond donors (Lipinski definition) is 0. The van der Waals surface area contributed by atoms with Crippen LogP contribution in [0.3, 0.4) is 0 Å². The average molecular weight is 368 g/mol. The number of pyridine rings is 1. The molecule has 1 saturated heterocycles. The lowest BCUT2D eigenvalue weighted by Crippen LogP contribution is -2.40. The van der Waals surface area contributed by atoms with Crippen molar-refractivity contribution in [1.82, 2.24) is 29.5 Å². The fourth-order valence-corrected chi connectivity index (χ4v) is 4.04. The Balaban J connectivity index is 1.42. The first kappa shape index (κ1) is 17.0. The van der Waals surface area contributed by atoms with Crippen molar-refractivity contribution >= 4 is 23.3 Å². The lowest BCUT2D eigenvalue weighted by molar-refractivity contribution is -0.129.